The fourth-order valence-electron chi connectivity index (χ4n) is 1.08. The maximum atomic E-state index is 12.5. The van der Waals surface area contributed by atoms with Gasteiger partial charge >= 0.3 is 18.3 Å². The largest absolute Gasteiger partial charge is 0.439 e. The quantitative estimate of drug-likeness (QED) is 0.615. The molecule has 1 rings (SSSR count). The number of hydrogen-bond acceptors (Lipinski definition) is 2. The van der Waals surface area contributed by atoms with Crippen LogP contribution in [-0.2, 0) is 4.74 Å². The summed E-state index contributed by atoms with van der Waals surface area (Å²) in [6.07, 6.45) is -15.8. The van der Waals surface area contributed by atoms with Crippen molar-refractivity contribution in [2.75, 3.05) is 0 Å². The Bertz CT molecular complexity index is 432. The monoisotopic (exact) mass is 290 g/mol. The average molecular weight is 290 g/mol. The van der Waals surface area contributed by atoms with Crippen LogP contribution >= 0.6 is 0 Å². The van der Waals surface area contributed by atoms with Crippen molar-refractivity contribution in [3.8, 4) is 0 Å². The molecule has 1 aromatic carbocycles. The van der Waals surface area contributed by atoms with E-state index in [2.05, 4.69) is 4.74 Å². The molecule has 106 valence electrons. The van der Waals surface area contributed by atoms with Crippen LogP contribution in [0.2, 0.25) is 0 Å². The van der Waals surface area contributed by atoms with E-state index in [4.69, 9.17) is 0 Å². The van der Waals surface area contributed by atoms with Crippen LogP contribution in [0.5, 0.6) is 0 Å². The first kappa shape index (κ1) is 15.3. The summed E-state index contributed by atoms with van der Waals surface area (Å²) in [7, 11) is 0. The van der Waals surface area contributed by atoms with Gasteiger partial charge in [0, 0.05) is 0 Å². The molecule has 0 spiro atoms. The summed E-state index contributed by atoms with van der Waals surface area (Å²) in [4.78, 5) is 11.1. The molecule has 0 saturated heterocycles. The number of ether oxygens (including phenoxy) is 1. The summed E-state index contributed by atoms with van der Waals surface area (Å²) < 4.78 is 88.5. The van der Waals surface area contributed by atoms with Crippen LogP contribution in [0.1, 0.15) is 10.4 Å². The van der Waals surface area contributed by atoms with Crippen LogP contribution in [0.25, 0.3) is 0 Å². The predicted octanol–water partition coefficient (Wildman–Crippen LogP) is 3.48. The first-order chi connectivity index (χ1) is 8.51. The van der Waals surface area contributed by atoms with Gasteiger partial charge in [-0.2, -0.15) is 26.3 Å². The molecule has 0 aliphatic heterocycles. The lowest BCUT2D eigenvalue weighted by Crippen LogP contribution is -2.45. The highest BCUT2D eigenvalue weighted by Crippen LogP contribution is 2.36. The van der Waals surface area contributed by atoms with Crippen molar-refractivity contribution in [3.05, 3.63) is 35.6 Å². The first-order valence-corrected chi connectivity index (χ1v) is 4.62. The van der Waals surface area contributed by atoms with Gasteiger partial charge in [0.25, 0.3) is 6.10 Å². The van der Waals surface area contributed by atoms with Gasteiger partial charge in [-0.15, -0.1) is 0 Å². The molecule has 0 aromatic heterocycles. The van der Waals surface area contributed by atoms with E-state index >= 15 is 0 Å². The Kier molecular flexibility index (Phi) is 4.06. The Morgan fingerprint density at radius 1 is 0.947 bits per heavy atom. The molecule has 2 nitrogen and oxygen atoms in total. The van der Waals surface area contributed by atoms with E-state index in [1.54, 1.807) is 0 Å². The summed E-state index contributed by atoms with van der Waals surface area (Å²) >= 11 is 0. The highest BCUT2D eigenvalue weighted by molar-refractivity contribution is 5.89. The number of rotatable bonds is 2. The van der Waals surface area contributed by atoms with Crippen molar-refractivity contribution in [1.29, 1.82) is 0 Å². The standard InChI is InChI=1S/C10H5F7O2/c11-6-3-1-5(2-4-6)7(18)19-8(9(12,13)14)10(15,16)17/h1-4,8H. The Hall–Kier alpha value is -1.80. The number of carbonyl (C=O) groups is 1. The molecule has 0 aliphatic carbocycles. The maximum Gasteiger partial charge on any atom is 0.434 e. The number of halogens is 7. The molecule has 0 bridgehead atoms. The van der Waals surface area contributed by atoms with Crippen molar-refractivity contribution in [3.63, 3.8) is 0 Å². The fraction of sp³-hybridized carbons (Fsp3) is 0.300. The average Bonchev–Trinajstić information content (AvgIpc) is 2.23. The molecular weight excluding hydrogens is 285 g/mol. The Morgan fingerprint density at radius 2 is 1.37 bits per heavy atom. The topological polar surface area (TPSA) is 26.3 Å². The van der Waals surface area contributed by atoms with Gasteiger partial charge in [0.15, 0.2) is 0 Å². The SMILES string of the molecule is O=C(OC(C(F)(F)F)C(F)(F)F)c1ccc(F)cc1. The van der Waals surface area contributed by atoms with E-state index in [1.807, 2.05) is 0 Å². The lowest BCUT2D eigenvalue weighted by atomic mass is 10.2. The summed E-state index contributed by atoms with van der Waals surface area (Å²) in [5.74, 6) is -2.65. The minimum Gasteiger partial charge on any atom is -0.439 e. The first-order valence-electron chi connectivity index (χ1n) is 4.62. The molecular formula is C10H5F7O2. The second-order valence-corrected chi connectivity index (χ2v) is 3.38. The van der Waals surface area contributed by atoms with Gasteiger partial charge in [-0.25, -0.2) is 9.18 Å². The van der Waals surface area contributed by atoms with Gasteiger partial charge in [0.05, 0.1) is 5.56 Å². The molecule has 0 fully saturated rings. The third-order valence-electron chi connectivity index (χ3n) is 1.90. The van der Waals surface area contributed by atoms with Crippen LogP contribution in [0, 0.1) is 5.82 Å². The van der Waals surface area contributed by atoms with Crippen LogP contribution in [-0.4, -0.2) is 24.4 Å². The van der Waals surface area contributed by atoms with E-state index in [0.29, 0.717) is 24.3 Å². The lowest BCUT2D eigenvalue weighted by Gasteiger charge is -2.22. The van der Waals surface area contributed by atoms with Crippen LogP contribution in [0.4, 0.5) is 30.7 Å². The van der Waals surface area contributed by atoms with Crippen molar-refractivity contribution < 1.29 is 40.3 Å². The molecule has 19 heavy (non-hydrogen) atoms. The lowest BCUT2D eigenvalue weighted by molar-refractivity contribution is -0.307. The third kappa shape index (κ3) is 4.11. The number of carbonyl (C=O) groups excluding carboxylic acids is 1. The van der Waals surface area contributed by atoms with E-state index in [9.17, 15) is 35.5 Å². The van der Waals surface area contributed by atoms with E-state index in [0.717, 1.165) is 0 Å². The van der Waals surface area contributed by atoms with Crippen molar-refractivity contribution >= 4 is 5.97 Å². The zero-order chi connectivity index (χ0) is 14.8. The summed E-state index contributed by atoms with van der Waals surface area (Å²) in [6, 6.07) is 2.82. The van der Waals surface area contributed by atoms with Gasteiger partial charge in [-0.1, -0.05) is 0 Å². The number of alkyl halides is 6. The normalized spacial score (nSPS) is 12.6. The van der Waals surface area contributed by atoms with Crippen LogP contribution in [0.15, 0.2) is 24.3 Å². The second-order valence-electron chi connectivity index (χ2n) is 3.38. The molecule has 0 heterocycles. The molecule has 0 amide bonds. The smallest absolute Gasteiger partial charge is 0.434 e. The molecule has 0 radical (unpaired) electrons. The van der Waals surface area contributed by atoms with Crippen LogP contribution < -0.4 is 0 Å². The molecule has 0 atom stereocenters. The molecule has 0 unspecified atom stereocenters. The van der Waals surface area contributed by atoms with Gasteiger partial charge in [0.2, 0.25) is 0 Å². The predicted molar refractivity (Wildman–Crippen MR) is 47.7 cm³/mol. The number of benzene rings is 1. The van der Waals surface area contributed by atoms with E-state index in [-0.39, 0.29) is 0 Å². The highest BCUT2D eigenvalue weighted by atomic mass is 19.4. The number of hydrogen-bond donors (Lipinski definition) is 0. The molecule has 0 saturated carbocycles. The maximum absolute atomic E-state index is 12.5. The molecule has 9 heteroatoms. The zero-order valence-corrected chi connectivity index (χ0v) is 8.85. The fourth-order valence-corrected chi connectivity index (χ4v) is 1.08. The summed E-state index contributed by atoms with van der Waals surface area (Å²) in [6.45, 7) is 0. The van der Waals surface area contributed by atoms with E-state index < -0.39 is 35.8 Å². The minimum absolute atomic E-state index is 0.625. The Morgan fingerprint density at radius 3 is 1.74 bits per heavy atom. The van der Waals surface area contributed by atoms with E-state index in [1.165, 1.54) is 0 Å². The number of esters is 1. The zero-order valence-electron chi connectivity index (χ0n) is 8.85. The van der Waals surface area contributed by atoms with Crippen molar-refractivity contribution in [1.82, 2.24) is 0 Å². The Balaban J connectivity index is 2.92. The van der Waals surface area contributed by atoms with Crippen LogP contribution in [0.3, 0.4) is 0 Å². The third-order valence-corrected chi connectivity index (χ3v) is 1.90. The minimum atomic E-state index is -5.78. The second kappa shape index (κ2) is 5.06. The van der Waals surface area contributed by atoms with Crippen molar-refractivity contribution in [2.45, 2.75) is 18.5 Å². The molecule has 1 aromatic rings. The van der Waals surface area contributed by atoms with Gasteiger partial charge < -0.3 is 4.74 Å². The van der Waals surface area contributed by atoms with Gasteiger partial charge in [-0.05, 0) is 24.3 Å². The van der Waals surface area contributed by atoms with Crippen molar-refractivity contribution in [2.24, 2.45) is 0 Å². The summed E-state index contributed by atoms with van der Waals surface area (Å²) in [5, 5.41) is 0. The Labute approximate surface area is 101 Å². The van der Waals surface area contributed by atoms with Gasteiger partial charge in [-0.3, -0.25) is 0 Å². The van der Waals surface area contributed by atoms with Gasteiger partial charge in [0.1, 0.15) is 5.82 Å². The molecule has 0 N–H and O–H groups in total. The molecule has 0 aliphatic rings. The summed E-state index contributed by atoms with van der Waals surface area (Å²) in [5.41, 5.74) is -0.625. The highest BCUT2D eigenvalue weighted by Gasteiger charge is 2.59.